The van der Waals surface area contributed by atoms with Crippen LogP contribution in [0, 0.1) is 0 Å². The summed E-state index contributed by atoms with van der Waals surface area (Å²) in [5.74, 6) is -0.232. The van der Waals surface area contributed by atoms with Crippen LogP contribution in [0.2, 0.25) is 0 Å². The lowest BCUT2D eigenvalue weighted by Crippen LogP contribution is -2.47. The monoisotopic (exact) mass is 280 g/mol. The summed E-state index contributed by atoms with van der Waals surface area (Å²) in [5.41, 5.74) is 0.651. The van der Waals surface area contributed by atoms with Gasteiger partial charge in [0.25, 0.3) is 5.22 Å². The minimum absolute atomic E-state index is 0.488. The molecule has 0 spiro atoms. The van der Waals surface area contributed by atoms with Crippen LogP contribution in [0.5, 0.6) is 0 Å². The SMILES string of the molecule is CNC(C)(CCSc1nc2ccccc2o1)C(=O)O. The zero-order valence-electron chi connectivity index (χ0n) is 10.8. The highest BCUT2D eigenvalue weighted by Gasteiger charge is 2.30. The molecule has 0 fully saturated rings. The van der Waals surface area contributed by atoms with Crippen molar-refractivity contribution >= 4 is 28.8 Å². The molecule has 1 atom stereocenters. The molecular formula is C13H16N2O3S. The molecule has 102 valence electrons. The van der Waals surface area contributed by atoms with Gasteiger partial charge in [-0.25, -0.2) is 4.98 Å². The number of fused-ring (bicyclic) bond motifs is 1. The molecule has 1 aromatic carbocycles. The number of hydrogen-bond acceptors (Lipinski definition) is 5. The van der Waals surface area contributed by atoms with Crippen molar-refractivity contribution in [2.24, 2.45) is 0 Å². The number of aromatic nitrogens is 1. The van der Waals surface area contributed by atoms with Crippen LogP contribution in [0.1, 0.15) is 13.3 Å². The molecule has 6 heteroatoms. The number of para-hydroxylation sites is 2. The first-order chi connectivity index (χ1) is 9.05. The van der Waals surface area contributed by atoms with Gasteiger partial charge in [0, 0.05) is 5.75 Å². The third-order valence-electron chi connectivity index (χ3n) is 3.13. The largest absolute Gasteiger partial charge is 0.480 e. The summed E-state index contributed by atoms with van der Waals surface area (Å²) in [5, 5.41) is 12.5. The number of carbonyl (C=O) groups is 1. The van der Waals surface area contributed by atoms with Crippen molar-refractivity contribution in [2.75, 3.05) is 12.8 Å². The van der Waals surface area contributed by atoms with Gasteiger partial charge in [-0.05, 0) is 32.5 Å². The van der Waals surface area contributed by atoms with Crippen molar-refractivity contribution in [3.63, 3.8) is 0 Å². The molecule has 0 amide bonds. The van der Waals surface area contributed by atoms with E-state index in [0.717, 1.165) is 11.1 Å². The number of carboxylic acids is 1. The first-order valence-electron chi connectivity index (χ1n) is 5.96. The van der Waals surface area contributed by atoms with Crippen molar-refractivity contribution < 1.29 is 14.3 Å². The Kier molecular flexibility index (Phi) is 4.11. The van der Waals surface area contributed by atoms with Crippen molar-refractivity contribution in [2.45, 2.75) is 24.1 Å². The van der Waals surface area contributed by atoms with Crippen LogP contribution in [0.15, 0.2) is 33.9 Å². The van der Waals surface area contributed by atoms with E-state index >= 15 is 0 Å². The van der Waals surface area contributed by atoms with Crippen LogP contribution in [-0.2, 0) is 4.79 Å². The summed E-state index contributed by atoms with van der Waals surface area (Å²) >= 11 is 1.42. The summed E-state index contributed by atoms with van der Waals surface area (Å²) in [6.07, 6.45) is 0.488. The van der Waals surface area contributed by atoms with Gasteiger partial charge in [0.05, 0.1) is 0 Å². The van der Waals surface area contributed by atoms with Gasteiger partial charge in [-0.15, -0.1) is 0 Å². The second-order valence-electron chi connectivity index (χ2n) is 4.43. The van der Waals surface area contributed by atoms with Crippen LogP contribution in [-0.4, -0.2) is 34.4 Å². The first kappa shape index (κ1) is 13.9. The fourth-order valence-corrected chi connectivity index (χ4v) is 2.59. The summed E-state index contributed by atoms with van der Waals surface area (Å²) < 4.78 is 5.56. The number of likely N-dealkylation sites (N-methyl/N-ethyl adjacent to an activating group) is 1. The average molecular weight is 280 g/mol. The van der Waals surface area contributed by atoms with Crippen molar-refractivity contribution in [3.8, 4) is 0 Å². The van der Waals surface area contributed by atoms with E-state index in [0.29, 0.717) is 17.4 Å². The van der Waals surface area contributed by atoms with E-state index in [-0.39, 0.29) is 0 Å². The molecule has 1 aromatic heterocycles. The average Bonchev–Trinajstić information content (AvgIpc) is 2.80. The summed E-state index contributed by atoms with van der Waals surface area (Å²) in [7, 11) is 1.65. The minimum Gasteiger partial charge on any atom is -0.480 e. The number of benzene rings is 1. The molecule has 2 aromatic rings. The van der Waals surface area contributed by atoms with Crippen LogP contribution in [0.3, 0.4) is 0 Å². The zero-order valence-corrected chi connectivity index (χ0v) is 11.7. The van der Waals surface area contributed by atoms with Crippen molar-refractivity contribution in [1.82, 2.24) is 10.3 Å². The van der Waals surface area contributed by atoms with E-state index < -0.39 is 11.5 Å². The van der Waals surface area contributed by atoms with E-state index in [9.17, 15) is 4.79 Å². The Morgan fingerprint density at radius 3 is 2.89 bits per heavy atom. The van der Waals surface area contributed by atoms with Crippen LogP contribution in [0.25, 0.3) is 11.1 Å². The summed E-state index contributed by atoms with van der Waals surface area (Å²) in [6.45, 7) is 1.67. The molecule has 0 aliphatic heterocycles. The molecule has 19 heavy (non-hydrogen) atoms. The summed E-state index contributed by atoms with van der Waals surface area (Å²) in [4.78, 5) is 15.5. The maximum absolute atomic E-state index is 11.1. The van der Waals surface area contributed by atoms with Crippen molar-refractivity contribution in [1.29, 1.82) is 0 Å². The molecule has 2 rings (SSSR count). The Hall–Kier alpha value is -1.53. The fourth-order valence-electron chi connectivity index (χ4n) is 1.59. The fraction of sp³-hybridized carbons (Fsp3) is 0.385. The Labute approximate surface area is 115 Å². The number of hydrogen-bond donors (Lipinski definition) is 2. The summed E-state index contributed by atoms with van der Waals surface area (Å²) in [6, 6.07) is 7.55. The number of aliphatic carboxylic acids is 1. The number of thioether (sulfide) groups is 1. The standard InChI is InChI=1S/C13H16N2O3S/c1-13(14-2,11(16)17)7-8-19-12-15-9-5-3-4-6-10(9)18-12/h3-6,14H,7-8H2,1-2H3,(H,16,17). The minimum atomic E-state index is -0.918. The lowest BCUT2D eigenvalue weighted by Gasteiger charge is -2.23. The van der Waals surface area contributed by atoms with E-state index in [1.807, 2.05) is 24.3 Å². The number of rotatable bonds is 6. The van der Waals surface area contributed by atoms with Gasteiger partial charge in [-0.2, -0.15) is 0 Å². The second-order valence-corrected chi connectivity index (χ2v) is 5.48. The molecule has 1 unspecified atom stereocenters. The predicted octanol–water partition coefficient (Wildman–Crippen LogP) is 2.37. The van der Waals surface area contributed by atoms with E-state index in [1.165, 1.54) is 11.8 Å². The Morgan fingerprint density at radius 2 is 2.26 bits per heavy atom. The lowest BCUT2D eigenvalue weighted by molar-refractivity contribution is -0.144. The van der Waals surface area contributed by atoms with Gasteiger partial charge in [0.1, 0.15) is 11.1 Å². The molecule has 1 heterocycles. The molecule has 0 bridgehead atoms. The third-order valence-corrected chi connectivity index (χ3v) is 3.96. The lowest BCUT2D eigenvalue weighted by atomic mass is 10.00. The molecule has 0 radical (unpaired) electrons. The Balaban J connectivity index is 1.97. The van der Waals surface area contributed by atoms with E-state index in [4.69, 9.17) is 9.52 Å². The normalized spacial score (nSPS) is 14.4. The molecule has 0 saturated heterocycles. The van der Waals surface area contributed by atoms with Gasteiger partial charge in [0.2, 0.25) is 0 Å². The molecular weight excluding hydrogens is 264 g/mol. The molecule has 0 aliphatic carbocycles. The molecule has 5 nitrogen and oxygen atoms in total. The number of carboxylic acid groups (broad SMARTS) is 1. The maximum Gasteiger partial charge on any atom is 0.323 e. The maximum atomic E-state index is 11.1. The number of oxazole rings is 1. The highest BCUT2D eigenvalue weighted by atomic mass is 32.2. The highest BCUT2D eigenvalue weighted by molar-refractivity contribution is 7.99. The molecule has 2 N–H and O–H groups in total. The van der Waals surface area contributed by atoms with E-state index in [1.54, 1.807) is 14.0 Å². The molecule has 0 aliphatic rings. The Bertz CT molecular complexity index is 551. The zero-order chi connectivity index (χ0) is 13.9. The van der Waals surface area contributed by atoms with E-state index in [2.05, 4.69) is 10.3 Å². The number of nitrogens with zero attached hydrogens (tertiary/aromatic N) is 1. The van der Waals surface area contributed by atoms with Gasteiger partial charge < -0.3 is 14.8 Å². The third kappa shape index (κ3) is 3.08. The smallest absolute Gasteiger partial charge is 0.323 e. The first-order valence-corrected chi connectivity index (χ1v) is 6.94. The predicted molar refractivity (Wildman–Crippen MR) is 74.5 cm³/mol. The van der Waals surface area contributed by atoms with Crippen molar-refractivity contribution in [3.05, 3.63) is 24.3 Å². The topological polar surface area (TPSA) is 75.4 Å². The number of nitrogens with one attached hydrogen (secondary N) is 1. The van der Waals surface area contributed by atoms with Gasteiger partial charge in [-0.3, -0.25) is 4.79 Å². The highest BCUT2D eigenvalue weighted by Crippen LogP contribution is 2.25. The van der Waals surface area contributed by atoms with Gasteiger partial charge >= 0.3 is 5.97 Å². The van der Waals surface area contributed by atoms with Gasteiger partial charge in [-0.1, -0.05) is 23.9 Å². The van der Waals surface area contributed by atoms with Gasteiger partial charge in [0.15, 0.2) is 5.58 Å². The second kappa shape index (κ2) is 5.63. The quantitative estimate of drug-likeness (QED) is 0.791. The molecule has 0 saturated carbocycles. The Morgan fingerprint density at radius 1 is 1.53 bits per heavy atom. The van der Waals surface area contributed by atoms with Crippen LogP contribution < -0.4 is 5.32 Å². The van der Waals surface area contributed by atoms with Crippen LogP contribution >= 0.6 is 11.8 Å². The van der Waals surface area contributed by atoms with Crippen LogP contribution in [0.4, 0.5) is 0 Å².